The van der Waals surface area contributed by atoms with Crippen LogP contribution >= 0.6 is 0 Å². The second-order valence-corrected chi connectivity index (χ2v) is 7.56. The Hall–Kier alpha value is -2.58. The van der Waals surface area contributed by atoms with Gasteiger partial charge in [-0.2, -0.15) is 13.2 Å². The topological polar surface area (TPSA) is 69.7 Å². The van der Waals surface area contributed by atoms with Gasteiger partial charge in [-0.1, -0.05) is 12.1 Å². The summed E-state index contributed by atoms with van der Waals surface area (Å²) in [5, 5.41) is 2.67. The van der Waals surface area contributed by atoms with E-state index in [1.807, 2.05) is 4.90 Å². The number of nitrogens with one attached hydrogen (secondary N) is 1. The van der Waals surface area contributed by atoms with E-state index in [2.05, 4.69) is 5.32 Å². The van der Waals surface area contributed by atoms with Crippen molar-refractivity contribution < 1.29 is 27.6 Å². The second kappa shape index (κ2) is 8.84. The molecule has 2 fully saturated rings. The Morgan fingerprint density at radius 2 is 1.86 bits per heavy atom. The number of hydrogen-bond acceptors (Lipinski definition) is 3. The summed E-state index contributed by atoms with van der Waals surface area (Å²) in [5.74, 6) is -1.97. The largest absolute Gasteiger partial charge is 0.406 e. The summed E-state index contributed by atoms with van der Waals surface area (Å²) in [6.07, 6.45) is -1.60. The maximum absolute atomic E-state index is 12.6. The molecule has 3 rings (SSSR count). The Bertz CT molecular complexity index is 776. The molecule has 3 amide bonds. The summed E-state index contributed by atoms with van der Waals surface area (Å²) in [6, 6.07) is 6.95. The lowest BCUT2D eigenvalue weighted by Crippen LogP contribution is -2.37. The van der Waals surface area contributed by atoms with E-state index in [-0.39, 0.29) is 25.4 Å². The van der Waals surface area contributed by atoms with Crippen molar-refractivity contribution in [3.05, 3.63) is 35.4 Å². The molecule has 2 aliphatic heterocycles. The average molecular weight is 411 g/mol. The molecule has 0 radical (unpaired) electrons. The van der Waals surface area contributed by atoms with Gasteiger partial charge in [0.2, 0.25) is 11.8 Å². The molecule has 1 atom stereocenters. The van der Waals surface area contributed by atoms with Gasteiger partial charge in [0.25, 0.3) is 5.91 Å². The molecule has 1 aromatic rings. The molecule has 2 aliphatic rings. The summed E-state index contributed by atoms with van der Waals surface area (Å²) in [7, 11) is 0. The van der Waals surface area contributed by atoms with Crippen LogP contribution in [0.1, 0.15) is 41.6 Å². The highest BCUT2D eigenvalue weighted by Crippen LogP contribution is 2.24. The molecule has 6 nitrogen and oxygen atoms in total. The van der Waals surface area contributed by atoms with Gasteiger partial charge in [0.05, 0.1) is 5.92 Å². The van der Waals surface area contributed by atoms with E-state index in [9.17, 15) is 27.6 Å². The van der Waals surface area contributed by atoms with Gasteiger partial charge in [0, 0.05) is 38.2 Å². The number of alkyl halides is 3. The van der Waals surface area contributed by atoms with Gasteiger partial charge in [-0.3, -0.25) is 14.4 Å². The van der Waals surface area contributed by atoms with E-state index in [0.717, 1.165) is 37.9 Å². The highest BCUT2D eigenvalue weighted by Gasteiger charge is 2.40. The predicted molar refractivity (Wildman–Crippen MR) is 98.8 cm³/mol. The van der Waals surface area contributed by atoms with Crippen molar-refractivity contribution in [3.63, 3.8) is 0 Å². The van der Waals surface area contributed by atoms with Crippen LogP contribution in [0.2, 0.25) is 0 Å². The number of piperidine rings is 1. The van der Waals surface area contributed by atoms with Crippen molar-refractivity contribution in [2.75, 3.05) is 26.2 Å². The van der Waals surface area contributed by atoms with Gasteiger partial charge in [0.15, 0.2) is 0 Å². The fourth-order valence-corrected chi connectivity index (χ4v) is 3.74. The highest BCUT2D eigenvalue weighted by molar-refractivity contribution is 5.94. The lowest BCUT2D eigenvalue weighted by atomic mass is 10.1. The van der Waals surface area contributed by atoms with Crippen LogP contribution in [0.15, 0.2) is 24.3 Å². The molecular weight excluding hydrogens is 387 g/mol. The van der Waals surface area contributed by atoms with E-state index in [1.165, 1.54) is 0 Å². The summed E-state index contributed by atoms with van der Waals surface area (Å²) < 4.78 is 37.5. The zero-order chi connectivity index (χ0) is 21.0. The monoisotopic (exact) mass is 411 g/mol. The number of rotatable bonds is 5. The van der Waals surface area contributed by atoms with Crippen molar-refractivity contribution in [1.29, 1.82) is 0 Å². The molecule has 2 heterocycles. The minimum absolute atomic E-state index is 0.0398. The molecule has 1 unspecified atom stereocenters. The number of likely N-dealkylation sites (tertiary alicyclic amines) is 2. The van der Waals surface area contributed by atoms with Gasteiger partial charge >= 0.3 is 6.18 Å². The number of amides is 3. The molecule has 2 saturated heterocycles. The highest BCUT2D eigenvalue weighted by atomic mass is 19.4. The van der Waals surface area contributed by atoms with Gasteiger partial charge in [-0.05, 0) is 37.0 Å². The van der Waals surface area contributed by atoms with Crippen LogP contribution in [-0.2, 0) is 16.1 Å². The zero-order valence-corrected chi connectivity index (χ0v) is 16.0. The van der Waals surface area contributed by atoms with Crippen LogP contribution in [0.3, 0.4) is 0 Å². The Morgan fingerprint density at radius 3 is 2.55 bits per heavy atom. The standard InChI is InChI=1S/C20H24F3N3O3/c21-20(22,23)13-26-12-16(10-17(26)27)18(28)24-11-14-5-4-6-15(9-14)19(29)25-7-2-1-3-8-25/h4-6,9,16H,1-3,7-8,10-13H2,(H,24,28). The number of benzene rings is 1. The fraction of sp³-hybridized carbons (Fsp3) is 0.550. The number of nitrogens with zero attached hydrogens (tertiary/aromatic N) is 2. The van der Waals surface area contributed by atoms with Crippen LogP contribution in [0.4, 0.5) is 13.2 Å². The summed E-state index contributed by atoms with van der Waals surface area (Å²) in [5.41, 5.74) is 1.27. The minimum atomic E-state index is -4.48. The molecular formula is C20H24F3N3O3. The molecule has 0 spiro atoms. The van der Waals surface area contributed by atoms with Gasteiger partial charge in [0.1, 0.15) is 6.54 Å². The van der Waals surface area contributed by atoms with Crippen LogP contribution < -0.4 is 5.32 Å². The van der Waals surface area contributed by atoms with Crippen LogP contribution in [0.5, 0.6) is 0 Å². The summed E-state index contributed by atoms with van der Waals surface area (Å²) in [4.78, 5) is 39.1. The quantitative estimate of drug-likeness (QED) is 0.809. The second-order valence-electron chi connectivity index (χ2n) is 7.56. The molecule has 1 N–H and O–H groups in total. The van der Waals surface area contributed by atoms with Gasteiger partial charge in [-0.25, -0.2) is 0 Å². The van der Waals surface area contributed by atoms with E-state index >= 15 is 0 Å². The van der Waals surface area contributed by atoms with E-state index in [0.29, 0.717) is 10.5 Å². The maximum atomic E-state index is 12.6. The van der Waals surface area contributed by atoms with Crippen molar-refractivity contribution in [3.8, 4) is 0 Å². The lowest BCUT2D eigenvalue weighted by Gasteiger charge is -2.26. The summed E-state index contributed by atoms with van der Waals surface area (Å²) >= 11 is 0. The van der Waals surface area contributed by atoms with Gasteiger partial charge < -0.3 is 15.1 Å². The zero-order valence-electron chi connectivity index (χ0n) is 16.0. The molecule has 9 heteroatoms. The Morgan fingerprint density at radius 1 is 1.14 bits per heavy atom. The van der Waals surface area contributed by atoms with Crippen LogP contribution in [-0.4, -0.2) is 59.9 Å². The first kappa shape index (κ1) is 21.1. The van der Waals surface area contributed by atoms with Crippen molar-refractivity contribution in [2.24, 2.45) is 5.92 Å². The first-order valence-corrected chi connectivity index (χ1v) is 9.73. The maximum Gasteiger partial charge on any atom is 0.406 e. The minimum Gasteiger partial charge on any atom is -0.352 e. The number of halogens is 3. The van der Waals surface area contributed by atoms with Crippen molar-refractivity contribution in [2.45, 2.75) is 38.4 Å². The fourth-order valence-electron chi connectivity index (χ4n) is 3.74. The van der Waals surface area contributed by atoms with Crippen LogP contribution in [0.25, 0.3) is 0 Å². The van der Waals surface area contributed by atoms with Gasteiger partial charge in [-0.15, -0.1) is 0 Å². The number of carbonyl (C=O) groups is 3. The SMILES string of the molecule is O=C(NCc1cccc(C(=O)N2CCCCC2)c1)C1CC(=O)N(CC(F)(F)F)C1. The molecule has 0 bridgehead atoms. The Labute approximate surface area is 167 Å². The Kier molecular flexibility index (Phi) is 6.44. The predicted octanol–water partition coefficient (Wildman–Crippen LogP) is 2.34. The third-order valence-electron chi connectivity index (χ3n) is 5.24. The average Bonchev–Trinajstić information content (AvgIpc) is 3.05. The Balaban J connectivity index is 1.54. The smallest absolute Gasteiger partial charge is 0.352 e. The third kappa shape index (κ3) is 5.71. The molecule has 1 aromatic carbocycles. The van der Waals surface area contributed by atoms with E-state index in [1.54, 1.807) is 24.3 Å². The summed E-state index contributed by atoms with van der Waals surface area (Å²) in [6.45, 7) is 0.0473. The number of hydrogen-bond donors (Lipinski definition) is 1. The molecule has 0 aliphatic carbocycles. The first-order chi connectivity index (χ1) is 13.7. The molecule has 0 saturated carbocycles. The number of carbonyl (C=O) groups excluding carboxylic acids is 3. The molecule has 158 valence electrons. The normalized spacial score (nSPS) is 20.1. The van der Waals surface area contributed by atoms with E-state index < -0.39 is 30.5 Å². The molecule has 0 aromatic heterocycles. The first-order valence-electron chi connectivity index (χ1n) is 9.73. The molecule has 29 heavy (non-hydrogen) atoms. The third-order valence-corrected chi connectivity index (χ3v) is 5.24. The van der Waals surface area contributed by atoms with Crippen LogP contribution in [0, 0.1) is 5.92 Å². The lowest BCUT2D eigenvalue weighted by molar-refractivity contribution is -0.157. The van der Waals surface area contributed by atoms with Crippen molar-refractivity contribution in [1.82, 2.24) is 15.1 Å². The van der Waals surface area contributed by atoms with E-state index in [4.69, 9.17) is 0 Å². The van der Waals surface area contributed by atoms with Crippen molar-refractivity contribution >= 4 is 17.7 Å².